The molecule has 0 aromatic heterocycles. The predicted octanol–water partition coefficient (Wildman–Crippen LogP) is 2.78. The molecular formula is C13H17NO. The highest BCUT2D eigenvalue weighted by Crippen LogP contribution is 2.10. The Morgan fingerprint density at radius 2 is 2.20 bits per heavy atom. The van der Waals surface area contributed by atoms with E-state index in [1.165, 1.54) is 0 Å². The summed E-state index contributed by atoms with van der Waals surface area (Å²) < 4.78 is 0. The van der Waals surface area contributed by atoms with E-state index in [0.29, 0.717) is 5.56 Å². The highest BCUT2D eigenvalue weighted by molar-refractivity contribution is 5.94. The Balaban J connectivity index is 2.88. The lowest BCUT2D eigenvalue weighted by Gasteiger charge is -2.05. The van der Waals surface area contributed by atoms with Crippen LogP contribution in [0.4, 0.5) is 0 Å². The first-order chi connectivity index (χ1) is 7.17. The van der Waals surface area contributed by atoms with Crippen molar-refractivity contribution >= 4 is 12.0 Å². The van der Waals surface area contributed by atoms with Crippen LogP contribution in [0, 0.1) is 6.92 Å². The van der Waals surface area contributed by atoms with Gasteiger partial charge in [-0.1, -0.05) is 25.6 Å². The van der Waals surface area contributed by atoms with Gasteiger partial charge in [0.1, 0.15) is 0 Å². The minimum Gasteiger partial charge on any atom is -0.352 e. The zero-order valence-electron chi connectivity index (χ0n) is 9.34. The second-order valence-electron chi connectivity index (χ2n) is 3.59. The number of benzene rings is 1. The maximum atomic E-state index is 11.7. The summed E-state index contributed by atoms with van der Waals surface area (Å²) >= 11 is 0. The third-order valence-electron chi connectivity index (χ3n) is 2.13. The highest BCUT2D eigenvalue weighted by atomic mass is 16.1. The fourth-order valence-corrected chi connectivity index (χ4v) is 1.40. The quantitative estimate of drug-likeness (QED) is 0.801. The summed E-state index contributed by atoms with van der Waals surface area (Å²) in [6.07, 6.45) is 2.70. The third-order valence-corrected chi connectivity index (χ3v) is 2.13. The van der Waals surface area contributed by atoms with E-state index in [1.54, 1.807) is 6.08 Å². The molecule has 0 saturated heterocycles. The monoisotopic (exact) mass is 203 g/mol. The Bertz CT molecular complexity index is 369. The van der Waals surface area contributed by atoms with Crippen LogP contribution in [-0.4, -0.2) is 12.5 Å². The van der Waals surface area contributed by atoms with Gasteiger partial charge in [0.2, 0.25) is 0 Å². The average Bonchev–Trinajstić information content (AvgIpc) is 2.24. The average molecular weight is 203 g/mol. The molecule has 15 heavy (non-hydrogen) atoms. The van der Waals surface area contributed by atoms with E-state index < -0.39 is 0 Å². The molecule has 0 saturated carbocycles. The molecule has 1 aromatic rings. The van der Waals surface area contributed by atoms with Crippen molar-refractivity contribution < 1.29 is 4.79 Å². The van der Waals surface area contributed by atoms with Crippen LogP contribution >= 0.6 is 0 Å². The van der Waals surface area contributed by atoms with E-state index >= 15 is 0 Å². The Morgan fingerprint density at radius 3 is 2.80 bits per heavy atom. The van der Waals surface area contributed by atoms with Crippen molar-refractivity contribution in [3.8, 4) is 0 Å². The number of hydrogen-bond donors (Lipinski definition) is 1. The molecule has 2 nitrogen and oxygen atoms in total. The fraction of sp³-hybridized carbons (Fsp3) is 0.308. The standard InChI is InChI=1S/C13H17NO/c1-4-6-14-13(15)12-8-10(3)7-11(5-2)9-12/h5,7-9H,2,4,6H2,1,3H3,(H,14,15). The van der Waals surface area contributed by atoms with Crippen molar-refractivity contribution in [1.82, 2.24) is 5.32 Å². The molecule has 1 N–H and O–H groups in total. The normalized spacial score (nSPS) is 9.73. The summed E-state index contributed by atoms with van der Waals surface area (Å²) in [6, 6.07) is 5.74. The van der Waals surface area contributed by atoms with E-state index in [2.05, 4.69) is 11.9 Å². The van der Waals surface area contributed by atoms with Gasteiger partial charge in [-0.25, -0.2) is 0 Å². The SMILES string of the molecule is C=Cc1cc(C)cc(C(=O)NCCC)c1. The molecule has 80 valence electrons. The van der Waals surface area contributed by atoms with Crippen molar-refractivity contribution in [2.45, 2.75) is 20.3 Å². The van der Waals surface area contributed by atoms with Crippen LogP contribution in [0.25, 0.3) is 6.08 Å². The molecule has 1 rings (SSSR count). The van der Waals surface area contributed by atoms with Crippen LogP contribution < -0.4 is 5.32 Å². The van der Waals surface area contributed by atoms with Crippen LogP contribution in [0.3, 0.4) is 0 Å². The molecule has 2 heteroatoms. The highest BCUT2D eigenvalue weighted by Gasteiger charge is 2.05. The van der Waals surface area contributed by atoms with E-state index in [9.17, 15) is 4.79 Å². The molecule has 0 aliphatic rings. The molecular weight excluding hydrogens is 186 g/mol. The molecule has 0 unspecified atom stereocenters. The largest absolute Gasteiger partial charge is 0.352 e. The van der Waals surface area contributed by atoms with Gasteiger partial charge in [-0.2, -0.15) is 0 Å². The molecule has 1 aromatic carbocycles. The van der Waals surface area contributed by atoms with Crippen LogP contribution in [0.15, 0.2) is 24.8 Å². The Kier molecular flexibility index (Phi) is 4.10. The number of rotatable bonds is 4. The van der Waals surface area contributed by atoms with Gasteiger partial charge in [0, 0.05) is 12.1 Å². The van der Waals surface area contributed by atoms with Crippen LogP contribution in [0.5, 0.6) is 0 Å². The summed E-state index contributed by atoms with van der Waals surface area (Å²) in [4.78, 5) is 11.7. The Morgan fingerprint density at radius 1 is 1.47 bits per heavy atom. The van der Waals surface area contributed by atoms with Gasteiger partial charge in [0.15, 0.2) is 0 Å². The summed E-state index contributed by atoms with van der Waals surface area (Å²) in [5.74, 6) is -0.0105. The Labute approximate surface area is 91.0 Å². The predicted molar refractivity (Wildman–Crippen MR) is 63.9 cm³/mol. The van der Waals surface area contributed by atoms with Crippen molar-refractivity contribution in [3.63, 3.8) is 0 Å². The lowest BCUT2D eigenvalue weighted by atomic mass is 10.1. The van der Waals surface area contributed by atoms with Gasteiger partial charge in [-0.3, -0.25) is 4.79 Å². The van der Waals surface area contributed by atoms with Gasteiger partial charge >= 0.3 is 0 Å². The summed E-state index contributed by atoms with van der Waals surface area (Å²) in [5, 5.41) is 2.85. The van der Waals surface area contributed by atoms with Crippen molar-refractivity contribution in [1.29, 1.82) is 0 Å². The Hall–Kier alpha value is -1.57. The van der Waals surface area contributed by atoms with E-state index in [4.69, 9.17) is 0 Å². The first-order valence-corrected chi connectivity index (χ1v) is 5.19. The zero-order chi connectivity index (χ0) is 11.3. The fourth-order valence-electron chi connectivity index (χ4n) is 1.40. The van der Waals surface area contributed by atoms with Crippen LogP contribution in [0.2, 0.25) is 0 Å². The summed E-state index contributed by atoms with van der Waals surface area (Å²) in [5.41, 5.74) is 2.77. The minimum atomic E-state index is -0.0105. The number of aryl methyl sites for hydroxylation is 1. The molecule has 0 aliphatic carbocycles. The van der Waals surface area contributed by atoms with Gasteiger partial charge in [-0.15, -0.1) is 0 Å². The number of carbonyl (C=O) groups excluding carboxylic acids is 1. The van der Waals surface area contributed by atoms with E-state index in [0.717, 1.165) is 24.1 Å². The first-order valence-electron chi connectivity index (χ1n) is 5.19. The maximum Gasteiger partial charge on any atom is 0.251 e. The van der Waals surface area contributed by atoms with E-state index in [-0.39, 0.29) is 5.91 Å². The molecule has 0 bridgehead atoms. The van der Waals surface area contributed by atoms with Gasteiger partial charge in [-0.05, 0) is 36.6 Å². The molecule has 0 spiro atoms. The smallest absolute Gasteiger partial charge is 0.251 e. The molecule has 0 radical (unpaired) electrons. The number of carbonyl (C=O) groups is 1. The lowest BCUT2D eigenvalue weighted by Crippen LogP contribution is -2.24. The van der Waals surface area contributed by atoms with Gasteiger partial charge in [0.05, 0.1) is 0 Å². The summed E-state index contributed by atoms with van der Waals surface area (Å²) in [7, 11) is 0. The molecule has 0 atom stereocenters. The third kappa shape index (κ3) is 3.24. The zero-order valence-corrected chi connectivity index (χ0v) is 9.34. The molecule has 0 heterocycles. The molecule has 0 fully saturated rings. The van der Waals surface area contributed by atoms with E-state index in [1.807, 2.05) is 32.0 Å². The molecule has 0 aliphatic heterocycles. The summed E-state index contributed by atoms with van der Waals surface area (Å²) in [6.45, 7) is 8.43. The minimum absolute atomic E-state index is 0.0105. The molecule has 1 amide bonds. The van der Waals surface area contributed by atoms with Crippen LogP contribution in [-0.2, 0) is 0 Å². The lowest BCUT2D eigenvalue weighted by molar-refractivity contribution is 0.0953. The van der Waals surface area contributed by atoms with Crippen molar-refractivity contribution in [2.75, 3.05) is 6.54 Å². The van der Waals surface area contributed by atoms with Crippen molar-refractivity contribution in [3.05, 3.63) is 41.5 Å². The number of hydrogen-bond acceptors (Lipinski definition) is 1. The second-order valence-corrected chi connectivity index (χ2v) is 3.59. The van der Waals surface area contributed by atoms with Gasteiger partial charge < -0.3 is 5.32 Å². The first kappa shape index (κ1) is 11.5. The van der Waals surface area contributed by atoms with Crippen LogP contribution in [0.1, 0.15) is 34.8 Å². The van der Waals surface area contributed by atoms with Crippen molar-refractivity contribution in [2.24, 2.45) is 0 Å². The van der Waals surface area contributed by atoms with Gasteiger partial charge in [0.25, 0.3) is 5.91 Å². The number of amides is 1. The maximum absolute atomic E-state index is 11.7. The number of nitrogens with one attached hydrogen (secondary N) is 1. The topological polar surface area (TPSA) is 29.1 Å². The second kappa shape index (κ2) is 5.35.